The Hall–Kier alpha value is -2.76. The number of fused-ring (bicyclic) bond motifs is 2. The molecule has 6 heteroatoms. The monoisotopic (exact) mass is 375 g/mol. The first-order valence-corrected chi connectivity index (χ1v) is 10.3. The molecule has 0 unspecified atom stereocenters. The fourth-order valence-electron chi connectivity index (χ4n) is 4.56. The molecule has 28 heavy (non-hydrogen) atoms. The number of anilines is 1. The quantitative estimate of drug-likeness (QED) is 0.757. The van der Waals surface area contributed by atoms with Gasteiger partial charge < -0.3 is 5.32 Å². The Morgan fingerprint density at radius 1 is 1.04 bits per heavy atom. The van der Waals surface area contributed by atoms with Gasteiger partial charge in [-0.25, -0.2) is 14.6 Å². The molecule has 0 saturated heterocycles. The Balaban J connectivity index is 1.29. The second-order valence-electron chi connectivity index (χ2n) is 8.05. The SMILES string of the molecule is Cc1nc2ccccc2nc1NC1CCC(n2nc3c(cc2=O)CCC3)CC1. The second-order valence-corrected chi connectivity index (χ2v) is 8.05. The molecule has 1 N–H and O–H groups in total. The van der Waals surface area contributed by atoms with Gasteiger partial charge >= 0.3 is 0 Å². The van der Waals surface area contributed by atoms with Gasteiger partial charge in [-0.2, -0.15) is 5.10 Å². The molecule has 3 aromatic rings. The van der Waals surface area contributed by atoms with Crippen molar-refractivity contribution in [3.05, 3.63) is 57.6 Å². The van der Waals surface area contributed by atoms with Crippen LogP contribution in [-0.2, 0) is 12.8 Å². The van der Waals surface area contributed by atoms with E-state index in [2.05, 4.69) is 10.3 Å². The highest BCUT2D eigenvalue weighted by molar-refractivity contribution is 5.76. The lowest BCUT2D eigenvalue weighted by Crippen LogP contribution is -2.34. The summed E-state index contributed by atoms with van der Waals surface area (Å²) in [6.45, 7) is 2.00. The average Bonchev–Trinajstić information content (AvgIpc) is 3.16. The van der Waals surface area contributed by atoms with Crippen molar-refractivity contribution in [3.63, 3.8) is 0 Å². The number of para-hydroxylation sites is 2. The largest absolute Gasteiger partial charge is 0.366 e. The molecule has 2 aliphatic carbocycles. The van der Waals surface area contributed by atoms with E-state index in [0.717, 1.165) is 78.7 Å². The first-order chi connectivity index (χ1) is 13.7. The van der Waals surface area contributed by atoms with Gasteiger partial charge in [-0.3, -0.25) is 4.79 Å². The molecule has 1 aromatic carbocycles. The number of nitrogens with zero attached hydrogens (tertiary/aromatic N) is 4. The molecule has 5 rings (SSSR count). The fraction of sp³-hybridized carbons (Fsp3) is 0.455. The van der Waals surface area contributed by atoms with E-state index < -0.39 is 0 Å². The first kappa shape index (κ1) is 17.3. The minimum absolute atomic E-state index is 0.0632. The smallest absolute Gasteiger partial charge is 0.267 e. The van der Waals surface area contributed by atoms with Crippen LogP contribution in [0.1, 0.15) is 55.1 Å². The van der Waals surface area contributed by atoms with Crippen LogP contribution in [0.3, 0.4) is 0 Å². The van der Waals surface area contributed by atoms with Gasteiger partial charge in [-0.15, -0.1) is 0 Å². The maximum atomic E-state index is 12.5. The number of hydrogen-bond donors (Lipinski definition) is 1. The lowest BCUT2D eigenvalue weighted by molar-refractivity contribution is 0.301. The number of rotatable bonds is 3. The predicted octanol–water partition coefficient (Wildman–Crippen LogP) is 3.58. The molecule has 0 atom stereocenters. The maximum Gasteiger partial charge on any atom is 0.267 e. The van der Waals surface area contributed by atoms with Crippen molar-refractivity contribution >= 4 is 16.9 Å². The van der Waals surface area contributed by atoms with Gasteiger partial charge in [0.2, 0.25) is 0 Å². The molecule has 2 heterocycles. The van der Waals surface area contributed by atoms with Gasteiger partial charge in [0, 0.05) is 12.1 Å². The molecular formula is C22H25N5O. The predicted molar refractivity (Wildman–Crippen MR) is 110 cm³/mol. The highest BCUT2D eigenvalue weighted by Gasteiger charge is 2.26. The summed E-state index contributed by atoms with van der Waals surface area (Å²) in [5.74, 6) is 0.870. The van der Waals surface area contributed by atoms with Crippen molar-refractivity contribution < 1.29 is 0 Å². The number of aryl methyl sites for hydroxylation is 3. The normalized spacial score (nSPS) is 21.6. The summed E-state index contributed by atoms with van der Waals surface area (Å²) in [4.78, 5) is 21.9. The van der Waals surface area contributed by atoms with Crippen LogP contribution in [0.2, 0.25) is 0 Å². The molecule has 0 aliphatic heterocycles. The molecule has 0 bridgehead atoms. The van der Waals surface area contributed by atoms with E-state index >= 15 is 0 Å². The molecule has 0 amide bonds. The van der Waals surface area contributed by atoms with Crippen LogP contribution in [-0.4, -0.2) is 25.8 Å². The van der Waals surface area contributed by atoms with E-state index in [0.29, 0.717) is 6.04 Å². The topological polar surface area (TPSA) is 72.7 Å². The number of aromatic nitrogens is 4. The van der Waals surface area contributed by atoms with E-state index in [1.54, 1.807) is 4.68 Å². The van der Waals surface area contributed by atoms with Gasteiger partial charge in [0.25, 0.3) is 5.56 Å². The van der Waals surface area contributed by atoms with E-state index in [1.807, 2.05) is 37.3 Å². The van der Waals surface area contributed by atoms with Gasteiger partial charge in [0.05, 0.1) is 28.5 Å². The number of benzene rings is 1. The third-order valence-electron chi connectivity index (χ3n) is 6.11. The summed E-state index contributed by atoms with van der Waals surface area (Å²) >= 11 is 0. The fourth-order valence-corrected chi connectivity index (χ4v) is 4.56. The summed E-state index contributed by atoms with van der Waals surface area (Å²) in [5, 5.41) is 8.28. The van der Waals surface area contributed by atoms with Gasteiger partial charge in [0.1, 0.15) is 5.82 Å². The minimum Gasteiger partial charge on any atom is -0.366 e. The zero-order chi connectivity index (χ0) is 19.1. The minimum atomic E-state index is 0.0632. The van der Waals surface area contributed by atoms with Crippen LogP contribution < -0.4 is 10.9 Å². The average molecular weight is 375 g/mol. The standard InChI is InChI=1S/C22H25N5O/c1-14-22(25-20-7-3-2-6-19(20)23-14)24-16-9-11-17(12-10-16)27-21(28)13-15-5-4-8-18(15)26-27/h2-3,6-7,13,16-17H,4-5,8-12H2,1H3,(H,24,25). The first-order valence-electron chi connectivity index (χ1n) is 10.3. The number of nitrogens with one attached hydrogen (secondary N) is 1. The van der Waals surface area contributed by atoms with Crippen LogP contribution in [0, 0.1) is 6.92 Å². The maximum absolute atomic E-state index is 12.5. The summed E-state index contributed by atoms with van der Waals surface area (Å²) < 4.78 is 1.75. The summed E-state index contributed by atoms with van der Waals surface area (Å²) in [6, 6.07) is 10.3. The third kappa shape index (κ3) is 3.17. The van der Waals surface area contributed by atoms with Gasteiger partial charge in [-0.1, -0.05) is 12.1 Å². The van der Waals surface area contributed by atoms with E-state index in [9.17, 15) is 4.79 Å². The molecule has 1 saturated carbocycles. The van der Waals surface area contributed by atoms with Crippen LogP contribution in [0.4, 0.5) is 5.82 Å². The van der Waals surface area contributed by atoms with Crippen LogP contribution in [0.25, 0.3) is 11.0 Å². The van der Waals surface area contributed by atoms with Crippen molar-refractivity contribution in [2.24, 2.45) is 0 Å². The Morgan fingerprint density at radius 3 is 2.57 bits per heavy atom. The molecule has 2 aromatic heterocycles. The summed E-state index contributed by atoms with van der Waals surface area (Å²) in [7, 11) is 0. The molecule has 1 fully saturated rings. The van der Waals surface area contributed by atoms with E-state index in [-0.39, 0.29) is 11.6 Å². The Labute approximate surface area is 164 Å². The van der Waals surface area contributed by atoms with Crippen molar-refractivity contribution in [2.45, 2.75) is 64.0 Å². The van der Waals surface area contributed by atoms with E-state index in [1.165, 1.54) is 0 Å². The van der Waals surface area contributed by atoms with Crippen molar-refractivity contribution in [2.75, 3.05) is 5.32 Å². The molecular weight excluding hydrogens is 350 g/mol. The lowest BCUT2D eigenvalue weighted by Gasteiger charge is -2.30. The highest BCUT2D eigenvalue weighted by atomic mass is 16.1. The number of hydrogen-bond acceptors (Lipinski definition) is 5. The van der Waals surface area contributed by atoms with Crippen molar-refractivity contribution in [1.29, 1.82) is 0 Å². The zero-order valence-corrected chi connectivity index (χ0v) is 16.2. The van der Waals surface area contributed by atoms with Gasteiger partial charge in [-0.05, 0) is 69.6 Å². The molecule has 2 aliphatic rings. The van der Waals surface area contributed by atoms with Crippen LogP contribution in [0.5, 0.6) is 0 Å². The Kier molecular flexibility index (Phi) is 4.34. The van der Waals surface area contributed by atoms with Crippen molar-refractivity contribution in [1.82, 2.24) is 19.7 Å². The van der Waals surface area contributed by atoms with E-state index in [4.69, 9.17) is 10.1 Å². The van der Waals surface area contributed by atoms with Crippen LogP contribution >= 0.6 is 0 Å². The second kappa shape index (κ2) is 7.00. The Morgan fingerprint density at radius 2 is 1.79 bits per heavy atom. The summed E-state index contributed by atoms with van der Waals surface area (Å²) in [5.41, 5.74) is 5.11. The van der Waals surface area contributed by atoms with Crippen molar-refractivity contribution in [3.8, 4) is 0 Å². The van der Waals surface area contributed by atoms with Crippen LogP contribution in [0.15, 0.2) is 35.1 Å². The van der Waals surface area contributed by atoms with Gasteiger partial charge in [0.15, 0.2) is 0 Å². The molecule has 6 nitrogen and oxygen atoms in total. The molecule has 144 valence electrons. The summed E-state index contributed by atoms with van der Waals surface area (Å²) in [6.07, 6.45) is 7.06. The Bertz CT molecular complexity index is 1080. The zero-order valence-electron chi connectivity index (χ0n) is 16.2. The third-order valence-corrected chi connectivity index (χ3v) is 6.11. The highest BCUT2D eigenvalue weighted by Crippen LogP contribution is 2.30. The molecule has 0 spiro atoms. The molecule has 0 radical (unpaired) electrons. The lowest BCUT2D eigenvalue weighted by atomic mass is 9.91.